The van der Waals surface area contributed by atoms with Crippen molar-refractivity contribution in [3.8, 4) is 0 Å². The number of ether oxygens (including phenoxy) is 2. The molecule has 1 amide bonds. The first-order valence-corrected chi connectivity index (χ1v) is 10.5. The standard InChI is InChI=1S/C21H29N7O3/c1-12(2)23-21(29)31-14-6-5-13(9-14)16-10-17(27-26-16)25-20-19-15(7-8-22-20)24-18(11-30-4)28(19)3/h7-8,10,12-14H,5-6,9,11H2,1-4H3,(H,23,29)(H2,22,25,26,27)/t13-,14+/m0/s1. The number of amides is 1. The SMILES string of the molecule is COCc1nc2ccnc(Nc3cc([C@H]4CC[C@@H](OC(=O)NC(C)C)C4)[nH]n3)c2n1C. The van der Waals surface area contributed by atoms with Gasteiger partial charge in [0.25, 0.3) is 0 Å². The first-order chi connectivity index (χ1) is 14.9. The molecule has 4 rings (SSSR count). The van der Waals surface area contributed by atoms with Crippen LogP contribution < -0.4 is 10.6 Å². The highest BCUT2D eigenvalue weighted by molar-refractivity contribution is 5.88. The van der Waals surface area contributed by atoms with Crippen LogP contribution in [0.5, 0.6) is 0 Å². The lowest BCUT2D eigenvalue weighted by atomic mass is 10.0. The molecule has 3 aromatic rings. The average molecular weight is 428 g/mol. The molecule has 3 heterocycles. The Morgan fingerprint density at radius 2 is 2.23 bits per heavy atom. The molecule has 0 spiro atoms. The highest BCUT2D eigenvalue weighted by Crippen LogP contribution is 2.36. The van der Waals surface area contributed by atoms with Crippen molar-refractivity contribution in [2.24, 2.45) is 7.05 Å². The van der Waals surface area contributed by atoms with Gasteiger partial charge >= 0.3 is 6.09 Å². The van der Waals surface area contributed by atoms with Crippen molar-refractivity contribution >= 4 is 28.8 Å². The van der Waals surface area contributed by atoms with E-state index in [-0.39, 0.29) is 24.2 Å². The third-order valence-corrected chi connectivity index (χ3v) is 5.50. The van der Waals surface area contributed by atoms with Crippen molar-refractivity contribution in [3.63, 3.8) is 0 Å². The summed E-state index contributed by atoms with van der Waals surface area (Å²) in [6.07, 6.45) is 3.86. The third kappa shape index (κ3) is 4.63. The Balaban J connectivity index is 1.44. The quantitative estimate of drug-likeness (QED) is 0.529. The van der Waals surface area contributed by atoms with E-state index in [1.165, 1.54) is 0 Å². The van der Waals surface area contributed by atoms with Crippen LogP contribution in [0.25, 0.3) is 11.0 Å². The van der Waals surface area contributed by atoms with E-state index in [0.717, 1.165) is 41.8 Å². The first kappa shape index (κ1) is 21.1. The normalized spacial score (nSPS) is 18.6. The van der Waals surface area contributed by atoms with Crippen LogP contribution in [0.4, 0.5) is 16.4 Å². The van der Waals surface area contributed by atoms with E-state index in [1.807, 2.05) is 37.6 Å². The Bertz CT molecular complexity index is 1060. The highest BCUT2D eigenvalue weighted by Gasteiger charge is 2.30. The number of hydrogen-bond donors (Lipinski definition) is 3. The third-order valence-electron chi connectivity index (χ3n) is 5.50. The smallest absolute Gasteiger partial charge is 0.407 e. The summed E-state index contributed by atoms with van der Waals surface area (Å²) in [6, 6.07) is 3.94. The van der Waals surface area contributed by atoms with Crippen molar-refractivity contribution < 1.29 is 14.3 Å². The van der Waals surface area contributed by atoms with E-state index >= 15 is 0 Å². The van der Waals surface area contributed by atoms with Crippen molar-refractivity contribution in [3.05, 3.63) is 29.8 Å². The summed E-state index contributed by atoms with van der Waals surface area (Å²) in [7, 11) is 3.60. The van der Waals surface area contributed by atoms with Crippen LogP contribution in [-0.2, 0) is 23.1 Å². The van der Waals surface area contributed by atoms with Crippen LogP contribution in [0.2, 0.25) is 0 Å². The summed E-state index contributed by atoms with van der Waals surface area (Å²) in [5.74, 6) is 2.47. The second-order valence-electron chi connectivity index (χ2n) is 8.22. The summed E-state index contributed by atoms with van der Waals surface area (Å²) >= 11 is 0. The van der Waals surface area contributed by atoms with Crippen LogP contribution in [-0.4, -0.2) is 50.1 Å². The first-order valence-electron chi connectivity index (χ1n) is 10.5. The number of pyridine rings is 1. The van der Waals surface area contributed by atoms with Crippen molar-refractivity contribution in [1.82, 2.24) is 30.0 Å². The van der Waals surface area contributed by atoms with E-state index < -0.39 is 0 Å². The van der Waals surface area contributed by atoms with Crippen molar-refractivity contribution in [2.75, 3.05) is 12.4 Å². The predicted octanol–water partition coefficient (Wildman–Crippen LogP) is 3.35. The molecule has 166 valence electrons. The van der Waals surface area contributed by atoms with Gasteiger partial charge in [-0.3, -0.25) is 5.10 Å². The van der Waals surface area contributed by atoms with Gasteiger partial charge in [-0.1, -0.05) is 0 Å². The van der Waals surface area contributed by atoms with Crippen molar-refractivity contribution in [1.29, 1.82) is 0 Å². The molecule has 0 bridgehead atoms. The molecular weight excluding hydrogens is 398 g/mol. The number of alkyl carbamates (subject to hydrolysis) is 1. The minimum absolute atomic E-state index is 0.0639. The van der Waals surface area contributed by atoms with Gasteiger partial charge in [-0.05, 0) is 39.2 Å². The number of methoxy groups -OCH3 is 1. The van der Waals surface area contributed by atoms with Gasteiger partial charge in [0.1, 0.15) is 24.1 Å². The Kier molecular flexibility index (Phi) is 6.08. The van der Waals surface area contributed by atoms with Crippen LogP contribution >= 0.6 is 0 Å². The molecule has 1 aliphatic rings. The summed E-state index contributed by atoms with van der Waals surface area (Å²) in [5.41, 5.74) is 2.76. The average Bonchev–Trinajstić information content (AvgIpc) is 3.42. The zero-order valence-electron chi connectivity index (χ0n) is 18.3. The number of rotatable bonds is 7. The molecule has 0 unspecified atom stereocenters. The lowest BCUT2D eigenvalue weighted by Crippen LogP contribution is -2.33. The molecule has 31 heavy (non-hydrogen) atoms. The fourth-order valence-electron chi connectivity index (χ4n) is 4.04. The summed E-state index contributed by atoms with van der Waals surface area (Å²) in [4.78, 5) is 20.9. The van der Waals surface area contributed by atoms with Crippen LogP contribution in [0, 0.1) is 0 Å². The zero-order valence-corrected chi connectivity index (χ0v) is 18.3. The topological polar surface area (TPSA) is 119 Å². The molecule has 2 atom stereocenters. The van der Waals surface area contributed by atoms with Gasteiger partial charge in [0.05, 0.1) is 5.52 Å². The molecule has 1 aliphatic carbocycles. The number of aromatic nitrogens is 5. The predicted molar refractivity (Wildman–Crippen MR) is 116 cm³/mol. The van der Waals surface area contributed by atoms with Gasteiger partial charge < -0.3 is 24.7 Å². The summed E-state index contributed by atoms with van der Waals surface area (Å²) in [5, 5.41) is 13.6. The molecular formula is C21H29N7O3. The minimum Gasteiger partial charge on any atom is -0.446 e. The second kappa shape index (κ2) is 8.93. The molecule has 3 aromatic heterocycles. The number of H-pyrrole nitrogens is 1. The molecule has 0 radical (unpaired) electrons. The molecule has 0 aliphatic heterocycles. The fourth-order valence-corrected chi connectivity index (χ4v) is 4.04. The maximum atomic E-state index is 11.9. The van der Waals surface area contributed by atoms with Gasteiger partial charge in [0.15, 0.2) is 11.6 Å². The number of hydrogen-bond acceptors (Lipinski definition) is 7. The number of anilines is 2. The maximum absolute atomic E-state index is 11.9. The fraction of sp³-hybridized carbons (Fsp3) is 0.524. The van der Waals surface area contributed by atoms with E-state index in [1.54, 1.807) is 13.3 Å². The van der Waals surface area contributed by atoms with Crippen LogP contribution in [0.3, 0.4) is 0 Å². The molecule has 10 nitrogen and oxygen atoms in total. The second-order valence-corrected chi connectivity index (χ2v) is 8.22. The lowest BCUT2D eigenvalue weighted by molar-refractivity contribution is 0.0981. The van der Waals surface area contributed by atoms with Gasteiger partial charge in [-0.15, -0.1) is 0 Å². The molecule has 1 fully saturated rings. The number of carbonyl (C=O) groups excluding carboxylic acids is 1. The molecule has 0 saturated heterocycles. The number of aromatic amines is 1. The Labute approximate surface area is 180 Å². The Morgan fingerprint density at radius 3 is 3.00 bits per heavy atom. The van der Waals surface area contributed by atoms with E-state index in [9.17, 15) is 4.79 Å². The monoisotopic (exact) mass is 427 g/mol. The highest BCUT2D eigenvalue weighted by atomic mass is 16.6. The largest absolute Gasteiger partial charge is 0.446 e. The van der Waals surface area contributed by atoms with Crippen LogP contribution in [0.1, 0.15) is 50.5 Å². The summed E-state index contributed by atoms with van der Waals surface area (Å²) in [6.45, 7) is 4.26. The number of imidazole rings is 1. The Morgan fingerprint density at radius 1 is 1.39 bits per heavy atom. The molecule has 3 N–H and O–H groups in total. The summed E-state index contributed by atoms with van der Waals surface area (Å²) < 4.78 is 12.7. The lowest BCUT2D eigenvalue weighted by Gasteiger charge is -2.14. The van der Waals surface area contributed by atoms with Gasteiger partial charge in [0, 0.05) is 44.1 Å². The molecule has 10 heteroatoms. The number of aryl methyl sites for hydroxylation is 1. The van der Waals surface area contributed by atoms with E-state index in [0.29, 0.717) is 18.2 Å². The minimum atomic E-state index is -0.351. The van der Waals surface area contributed by atoms with E-state index in [4.69, 9.17) is 9.47 Å². The van der Waals surface area contributed by atoms with Crippen molar-refractivity contribution in [2.45, 2.75) is 57.8 Å². The molecule has 0 aromatic carbocycles. The van der Waals surface area contributed by atoms with E-state index in [2.05, 4.69) is 30.8 Å². The number of nitrogens with one attached hydrogen (secondary N) is 3. The van der Waals surface area contributed by atoms with Gasteiger partial charge in [-0.2, -0.15) is 5.10 Å². The van der Waals surface area contributed by atoms with Crippen LogP contribution in [0.15, 0.2) is 18.3 Å². The zero-order chi connectivity index (χ0) is 22.0. The number of fused-ring (bicyclic) bond motifs is 1. The number of nitrogens with zero attached hydrogens (tertiary/aromatic N) is 4. The Hall–Kier alpha value is -3.14. The number of carbonyl (C=O) groups is 1. The maximum Gasteiger partial charge on any atom is 0.407 e. The van der Waals surface area contributed by atoms with Gasteiger partial charge in [0.2, 0.25) is 0 Å². The molecule has 1 saturated carbocycles. The van der Waals surface area contributed by atoms with Gasteiger partial charge in [-0.25, -0.2) is 14.8 Å².